The second-order valence-electron chi connectivity index (χ2n) is 10.1. The molecule has 0 unspecified atom stereocenters. The van der Waals surface area contributed by atoms with Crippen LogP contribution in [0.25, 0.3) is 5.69 Å². The monoisotopic (exact) mass is 518 g/mol. The molecule has 4 aliphatic carbocycles. The summed E-state index contributed by atoms with van der Waals surface area (Å²) >= 11 is 24.5. The van der Waals surface area contributed by atoms with Gasteiger partial charge in [0.15, 0.2) is 0 Å². The van der Waals surface area contributed by atoms with E-state index in [1.165, 1.54) is 38.5 Å². The van der Waals surface area contributed by atoms with E-state index in [4.69, 9.17) is 52.1 Å². The van der Waals surface area contributed by atoms with Crippen LogP contribution in [0, 0.1) is 22.5 Å². The highest BCUT2D eigenvalue weighted by Crippen LogP contribution is 2.60. The summed E-state index contributed by atoms with van der Waals surface area (Å²) in [6.07, 6.45) is 7.82. The summed E-state index contributed by atoms with van der Waals surface area (Å²) in [5, 5.41) is 10.5. The molecule has 172 valence electrons. The molecule has 4 aliphatic rings. The summed E-state index contributed by atoms with van der Waals surface area (Å²) in [7, 11) is 0. The molecule has 1 aromatic heterocycles. The number of hydrogen-bond donors (Lipinski definition) is 1. The van der Waals surface area contributed by atoms with Gasteiger partial charge in [0, 0.05) is 31.9 Å². The molecule has 1 heterocycles. The molecule has 7 rings (SSSR count). The molecule has 4 saturated carbocycles. The molecule has 4 fully saturated rings. The zero-order valence-corrected chi connectivity index (χ0v) is 21.2. The van der Waals surface area contributed by atoms with Gasteiger partial charge in [0.1, 0.15) is 12.5 Å². The van der Waals surface area contributed by atoms with Gasteiger partial charge in [-0.2, -0.15) is 5.10 Å². The highest BCUT2D eigenvalue weighted by atomic mass is 35.5. The van der Waals surface area contributed by atoms with Crippen LogP contribution in [0.3, 0.4) is 0 Å². The molecule has 1 N–H and O–H groups in total. The van der Waals surface area contributed by atoms with E-state index in [0.717, 1.165) is 35.0 Å². The van der Waals surface area contributed by atoms with Gasteiger partial charge < -0.3 is 5.32 Å². The minimum Gasteiger partial charge on any atom is -0.366 e. The summed E-state index contributed by atoms with van der Waals surface area (Å²) in [5.74, 6) is 3.57. The Labute approximate surface area is 213 Å². The molecule has 0 amide bonds. The zero-order chi connectivity index (χ0) is 22.7. The maximum atomic E-state index is 6.20. The number of rotatable bonds is 5. The van der Waals surface area contributed by atoms with Crippen molar-refractivity contribution in [1.82, 2.24) is 14.3 Å². The number of benzene rings is 2. The maximum Gasteiger partial charge on any atom is 0.204 e. The highest BCUT2D eigenvalue weighted by Gasteiger charge is 2.54. The van der Waals surface area contributed by atoms with Crippen molar-refractivity contribution in [2.24, 2.45) is 17.8 Å². The first-order valence-corrected chi connectivity index (χ1v) is 13.1. The summed E-state index contributed by atoms with van der Waals surface area (Å²) < 4.78 is 4.77. The summed E-state index contributed by atoms with van der Waals surface area (Å²) in [4.78, 5) is 0. The minimum absolute atomic E-state index is 0.104. The Morgan fingerprint density at radius 1 is 0.879 bits per heavy atom. The predicted octanol–water partition coefficient (Wildman–Crippen LogP) is 7.90. The summed E-state index contributed by atoms with van der Waals surface area (Å²) in [6.45, 7) is 0.440. The molecule has 0 aliphatic heterocycles. The highest BCUT2D eigenvalue weighted by molar-refractivity contribution is 7.71. The number of anilines is 1. The van der Waals surface area contributed by atoms with E-state index < -0.39 is 0 Å². The summed E-state index contributed by atoms with van der Waals surface area (Å²) in [6, 6.07) is 13.4. The Hall–Kier alpha value is -1.53. The summed E-state index contributed by atoms with van der Waals surface area (Å²) in [5.41, 5.74) is 1.96. The van der Waals surface area contributed by atoms with Crippen LogP contribution in [0.2, 0.25) is 15.1 Å². The largest absolute Gasteiger partial charge is 0.366 e. The van der Waals surface area contributed by atoms with E-state index in [1.54, 1.807) is 6.07 Å². The van der Waals surface area contributed by atoms with Gasteiger partial charge in [-0.05, 0) is 111 Å². The van der Waals surface area contributed by atoms with Crippen LogP contribution in [0.4, 0.5) is 5.69 Å². The fraction of sp³-hybridized carbons (Fsp3) is 0.440. The van der Waals surface area contributed by atoms with E-state index in [0.29, 0.717) is 26.5 Å². The van der Waals surface area contributed by atoms with Crippen molar-refractivity contribution < 1.29 is 0 Å². The molecule has 4 nitrogen and oxygen atoms in total. The van der Waals surface area contributed by atoms with Crippen molar-refractivity contribution >= 4 is 52.7 Å². The van der Waals surface area contributed by atoms with Crippen LogP contribution in [-0.4, -0.2) is 14.3 Å². The van der Waals surface area contributed by atoms with Gasteiger partial charge in [-0.15, -0.1) is 0 Å². The zero-order valence-electron chi connectivity index (χ0n) is 18.1. The van der Waals surface area contributed by atoms with Crippen LogP contribution >= 0.6 is 47.0 Å². The molecule has 0 spiro atoms. The lowest BCUT2D eigenvalue weighted by Gasteiger charge is -2.56. The van der Waals surface area contributed by atoms with Crippen LogP contribution in [0.5, 0.6) is 0 Å². The second kappa shape index (κ2) is 8.30. The Morgan fingerprint density at radius 3 is 2.03 bits per heavy atom. The predicted molar refractivity (Wildman–Crippen MR) is 137 cm³/mol. The van der Waals surface area contributed by atoms with Crippen molar-refractivity contribution in [2.75, 3.05) is 5.32 Å². The Kier molecular flexibility index (Phi) is 5.52. The van der Waals surface area contributed by atoms with Gasteiger partial charge >= 0.3 is 0 Å². The lowest BCUT2D eigenvalue weighted by molar-refractivity contribution is -0.0104. The molecule has 0 saturated heterocycles. The molecule has 8 heteroatoms. The molecular weight excluding hydrogens is 495 g/mol. The first-order chi connectivity index (χ1) is 15.9. The molecule has 3 aromatic rings. The number of nitrogens with zero attached hydrogens (tertiary/aromatic N) is 3. The van der Waals surface area contributed by atoms with Crippen molar-refractivity contribution in [3.8, 4) is 5.69 Å². The molecule has 4 bridgehead atoms. The second-order valence-corrected chi connectivity index (χ2v) is 11.8. The average molecular weight is 520 g/mol. The van der Waals surface area contributed by atoms with Gasteiger partial charge in [0.2, 0.25) is 4.77 Å². The SMILES string of the molecule is S=c1n(CNc2cc(Cl)cc(Cl)c2)nc(C23CC4CC(CC(C4)C2)C3)n1-c1ccc(Cl)cc1. The Bertz CT molecular complexity index is 1210. The smallest absolute Gasteiger partial charge is 0.204 e. The van der Waals surface area contributed by atoms with Crippen molar-refractivity contribution in [3.05, 3.63) is 68.1 Å². The van der Waals surface area contributed by atoms with Crippen LogP contribution in [0.1, 0.15) is 44.3 Å². The topological polar surface area (TPSA) is 34.8 Å². The van der Waals surface area contributed by atoms with E-state index in [1.807, 2.05) is 41.1 Å². The first kappa shape index (κ1) is 22.0. The van der Waals surface area contributed by atoms with Gasteiger partial charge in [-0.3, -0.25) is 4.57 Å². The molecular formula is C25H25Cl3N4S. The van der Waals surface area contributed by atoms with E-state index >= 15 is 0 Å². The van der Waals surface area contributed by atoms with E-state index in [-0.39, 0.29) is 5.41 Å². The molecule has 2 aromatic carbocycles. The van der Waals surface area contributed by atoms with Gasteiger partial charge in [-0.1, -0.05) is 34.8 Å². The molecule has 0 atom stereocenters. The van der Waals surface area contributed by atoms with Crippen molar-refractivity contribution in [1.29, 1.82) is 0 Å². The van der Waals surface area contributed by atoms with Crippen molar-refractivity contribution in [2.45, 2.75) is 50.6 Å². The lowest BCUT2D eigenvalue weighted by Crippen LogP contribution is -2.49. The average Bonchev–Trinajstić information content (AvgIpc) is 3.08. The van der Waals surface area contributed by atoms with Crippen molar-refractivity contribution in [3.63, 3.8) is 0 Å². The first-order valence-electron chi connectivity index (χ1n) is 11.5. The third-order valence-electron chi connectivity index (χ3n) is 7.73. The van der Waals surface area contributed by atoms with E-state index in [9.17, 15) is 0 Å². The minimum atomic E-state index is 0.104. The van der Waals surface area contributed by atoms with E-state index in [2.05, 4.69) is 9.88 Å². The number of aromatic nitrogens is 3. The van der Waals surface area contributed by atoms with Crippen LogP contribution in [-0.2, 0) is 12.1 Å². The number of hydrogen-bond acceptors (Lipinski definition) is 3. The van der Waals surface area contributed by atoms with Crippen LogP contribution < -0.4 is 5.32 Å². The lowest BCUT2D eigenvalue weighted by atomic mass is 9.49. The quantitative estimate of drug-likeness (QED) is 0.348. The normalized spacial score (nSPS) is 27.8. The molecule has 33 heavy (non-hydrogen) atoms. The third-order valence-corrected chi connectivity index (χ3v) is 8.81. The Morgan fingerprint density at radius 2 is 1.45 bits per heavy atom. The van der Waals surface area contributed by atoms with Gasteiger partial charge in [0.25, 0.3) is 0 Å². The maximum absolute atomic E-state index is 6.20. The molecule has 0 radical (unpaired) electrons. The number of nitrogens with one attached hydrogen (secondary N) is 1. The fourth-order valence-corrected chi connectivity index (χ4v) is 7.83. The standard InChI is InChI=1S/C25H25Cl3N4S/c26-18-1-3-22(4-2-18)32-23(25-11-15-5-16(12-25)7-17(6-15)13-25)30-31(24(32)33)14-29-21-9-19(27)8-20(28)10-21/h1-4,8-10,15-17,29H,5-7,11-14H2. The van der Waals surface area contributed by atoms with Gasteiger partial charge in [0.05, 0.1) is 0 Å². The fourth-order valence-electron chi connectivity index (χ4n) is 6.88. The van der Waals surface area contributed by atoms with Crippen LogP contribution in [0.15, 0.2) is 42.5 Å². The Balaban J connectivity index is 1.42. The van der Waals surface area contributed by atoms with Gasteiger partial charge in [-0.25, -0.2) is 4.68 Å². The number of halogens is 3. The third kappa shape index (κ3) is 4.01.